The molecule has 2 aromatic rings. The maximum Gasteiger partial charge on any atom is 0.181 e. The third-order valence-corrected chi connectivity index (χ3v) is 4.23. The minimum absolute atomic E-state index is 0.671. The minimum Gasteiger partial charge on any atom is -0.373 e. The molecule has 19 heavy (non-hydrogen) atoms. The number of rotatable bonds is 2. The summed E-state index contributed by atoms with van der Waals surface area (Å²) in [6.07, 6.45) is 4.99. The van der Waals surface area contributed by atoms with Crippen molar-refractivity contribution in [3.05, 3.63) is 32.5 Å². The number of nitrogens with zero attached hydrogens (tertiary/aromatic N) is 3. The second-order valence-electron chi connectivity index (χ2n) is 4.41. The Morgan fingerprint density at radius 1 is 1.21 bits per heavy atom. The number of aryl methyl sites for hydroxylation is 1. The van der Waals surface area contributed by atoms with Gasteiger partial charge in [0, 0.05) is 33.4 Å². The summed E-state index contributed by atoms with van der Waals surface area (Å²) in [5.74, 6) is 1.60. The van der Waals surface area contributed by atoms with Gasteiger partial charge >= 0.3 is 0 Å². The standard InChI is InChI=1S/C13H12Br2N4/c1-16-12-8-3-2-4-10(8)18-13(19-12)11-9(15)5-7(14)6-17-11/h5-6H,2-4H2,1H3,(H,16,18,19). The summed E-state index contributed by atoms with van der Waals surface area (Å²) < 4.78 is 1.82. The van der Waals surface area contributed by atoms with E-state index in [9.17, 15) is 0 Å². The van der Waals surface area contributed by atoms with Gasteiger partial charge in [-0.25, -0.2) is 9.97 Å². The first kappa shape index (κ1) is 13.0. The lowest BCUT2D eigenvalue weighted by Crippen LogP contribution is -2.04. The van der Waals surface area contributed by atoms with Crippen LogP contribution in [0.15, 0.2) is 21.2 Å². The normalized spacial score (nSPS) is 13.4. The molecule has 0 amide bonds. The average molecular weight is 384 g/mol. The number of hydrogen-bond donors (Lipinski definition) is 1. The Morgan fingerprint density at radius 2 is 2.05 bits per heavy atom. The van der Waals surface area contributed by atoms with E-state index in [4.69, 9.17) is 0 Å². The van der Waals surface area contributed by atoms with Crippen molar-refractivity contribution >= 4 is 37.7 Å². The number of hydrogen-bond acceptors (Lipinski definition) is 4. The summed E-state index contributed by atoms with van der Waals surface area (Å²) >= 11 is 6.92. The summed E-state index contributed by atoms with van der Waals surface area (Å²) in [6, 6.07) is 1.96. The van der Waals surface area contributed by atoms with Crippen LogP contribution in [0.4, 0.5) is 5.82 Å². The van der Waals surface area contributed by atoms with Crippen LogP contribution in [0.1, 0.15) is 17.7 Å². The van der Waals surface area contributed by atoms with E-state index in [-0.39, 0.29) is 0 Å². The SMILES string of the molecule is CNc1nc(-c2ncc(Br)cc2Br)nc2c1CCC2. The molecule has 4 nitrogen and oxygen atoms in total. The first-order chi connectivity index (χ1) is 9.19. The van der Waals surface area contributed by atoms with E-state index in [1.165, 1.54) is 5.56 Å². The van der Waals surface area contributed by atoms with Crippen LogP contribution in [0, 0.1) is 0 Å². The van der Waals surface area contributed by atoms with Crippen LogP contribution in [0.25, 0.3) is 11.5 Å². The summed E-state index contributed by atoms with van der Waals surface area (Å²) in [7, 11) is 1.90. The first-order valence-electron chi connectivity index (χ1n) is 6.08. The fourth-order valence-electron chi connectivity index (χ4n) is 2.32. The van der Waals surface area contributed by atoms with Crippen molar-refractivity contribution in [1.29, 1.82) is 0 Å². The Labute approximate surface area is 128 Å². The van der Waals surface area contributed by atoms with Gasteiger partial charge in [-0.3, -0.25) is 4.98 Å². The highest BCUT2D eigenvalue weighted by Crippen LogP contribution is 2.31. The fourth-order valence-corrected chi connectivity index (χ4v) is 3.49. The topological polar surface area (TPSA) is 50.7 Å². The molecule has 0 unspecified atom stereocenters. The second-order valence-corrected chi connectivity index (χ2v) is 6.18. The van der Waals surface area contributed by atoms with Crippen molar-refractivity contribution in [2.75, 3.05) is 12.4 Å². The highest BCUT2D eigenvalue weighted by molar-refractivity contribution is 9.11. The molecule has 98 valence electrons. The Balaban J connectivity index is 2.15. The molecule has 0 aromatic carbocycles. The van der Waals surface area contributed by atoms with Gasteiger partial charge in [-0.05, 0) is 57.2 Å². The molecule has 0 spiro atoms. The van der Waals surface area contributed by atoms with Crippen LogP contribution in [-0.2, 0) is 12.8 Å². The number of pyridine rings is 1. The molecule has 2 heterocycles. The molecular weight excluding hydrogens is 372 g/mol. The van der Waals surface area contributed by atoms with Crippen LogP contribution in [-0.4, -0.2) is 22.0 Å². The predicted octanol–water partition coefficient (Wildman–Crippen LogP) is 3.59. The van der Waals surface area contributed by atoms with E-state index < -0.39 is 0 Å². The zero-order valence-electron chi connectivity index (χ0n) is 10.4. The predicted molar refractivity (Wildman–Crippen MR) is 82.2 cm³/mol. The number of nitrogens with one attached hydrogen (secondary N) is 1. The molecule has 0 fully saturated rings. The first-order valence-corrected chi connectivity index (χ1v) is 7.66. The third-order valence-electron chi connectivity index (χ3n) is 3.19. The van der Waals surface area contributed by atoms with Gasteiger partial charge in [-0.2, -0.15) is 0 Å². The molecule has 2 aromatic heterocycles. The van der Waals surface area contributed by atoms with E-state index in [0.717, 1.165) is 45.4 Å². The van der Waals surface area contributed by atoms with E-state index >= 15 is 0 Å². The highest BCUT2D eigenvalue weighted by atomic mass is 79.9. The average Bonchev–Trinajstić information content (AvgIpc) is 2.85. The van der Waals surface area contributed by atoms with E-state index in [1.54, 1.807) is 6.20 Å². The molecule has 1 aliphatic carbocycles. The summed E-state index contributed by atoms with van der Waals surface area (Å²) in [4.78, 5) is 13.7. The number of anilines is 1. The van der Waals surface area contributed by atoms with Gasteiger partial charge in [0.25, 0.3) is 0 Å². The van der Waals surface area contributed by atoms with Crippen LogP contribution in [0.3, 0.4) is 0 Å². The lowest BCUT2D eigenvalue weighted by atomic mass is 10.2. The van der Waals surface area contributed by atoms with Crippen molar-refractivity contribution in [3.8, 4) is 11.5 Å². The molecule has 0 atom stereocenters. The Morgan fingerprint density at radius 3 is 2.79 bits per heavy atom. The lowest BCUT2D eigenvalue weighted by molar-refractivity contribution is 0.899. The Bertz CT molecular complexity index is 643. The molecule has 0 saturated carbocycles. The van der Waals surface area contributed by atoms with Crippen LogP contribution < -0.4 is 5.32 Å². The quantitative estimate of drug-likeness (QED) is 0.860. The second kappa shape index (κ2) is 5.17. The molecule has 0 aliphatic heterocycles. The fraction of sp³-hybridized carbons (Fsp3) is 0.308. The minimum atomic E-state index is 0.671. The van der Waals surface area contributed by atoms with Crippen LogP contribution >= 0.6 is 31.9 Å². The maximum atomic E-state index is 4.66. The molecular formula is C13H12Br2N4. The van der Waals surface area contributed by atoms with E-state index in [2.05, 4.69) is 52.1 Å². The molecule has 0 saturated heterocycles. The number of aromatic nitrogens is 3. The highest BCUT2D eigenvalue weighted by Gasteiger charge is 2.20. The van der Waals surface area contributed by atoms with Gasteiger partial charge in [-0.1, -0.05) is 0 Å². The molecule has 0 bridgehead atoms. The van der Waals surface area contributed by atoms with E-state index in [0.29, 0.717) is 5.82 Å². The Hall–Kier alpha value is -1.01. The van der Waals surface area contributed by atoms with Crippen molar-refractivity contribution in [2.24, 2.45) is 0 Å². The molecule has 3 rings (SSSR count). The summed E-state index contributed by atoms with van der Waals surface area (Å²) in [5.41, 5.74) is 3.17. The van der Waals surface area contributed by atoms with Crippen molar-refractivity contribution < 1.29 is 0 Å². The van der Waals surface area contributed by atoms with Crippen LogP contribution in [0.5, 0.6) is 0 Å². The molecule has 6 heteroatoms. The van der Waals surface area contributed by atoms with Crippen molar-refractivity contribution in [2.45, 2.75) is 19.3 Å². The van der Waals surface area contributed by atoms with Crippen molar-refractivity contribution in [1.82, 2.24) is 15.0 Å². The smallest absolute Gasteiger partial charge is 0.181 e. The lowest BCUT2D eigenvalue weighted by Gasteiger charge is -2.10. The van der Waals surface area contributed by atoms with Gasteiger partial charge in [0.2, 0.25) is 0 Å². The van der Waals surface area contributed by atoms with Gasteiger partial charge < -0.3 is 5.32 Å². The third kappa shape index (κ3) is 2.39. The molecule has 1 aliphatic rings. The zero-order chi connectivity index (χ0) is 13.4. The van der Waals surface area contributed by atoms with Gasteiger partial charge in [-0.15, -0.1) is 0 Å². The van der Waals surface area contributed by atoms with Gasteiger partial charge in [0.1, 0.15) is 11.5 Å². The molecule has 1 N–H and O–H groups in total. The maximum absolute atomic E-state index is 4.66. The molecule has 0 radical (unpaired) electrons. The number of fused-ring (bicyclic) bond motifs is 1. The summed E-state index contributed by atoms with van der Waals surface area (Å²) in [6.45, 7) is 0. The van der Waals surface area contributed by atoms with Crippen LogP contribution in [0.2, 0.25) is 0 Å². The zero-order valence-corrected chi connectivity index (χ0v) is 13.5. The summed E-state index contributed by atoms with van der Waals surface area (Å²) in [5, 5.41) is 3.16. The van der Waals surface area contributed by atoms with Gasteiger partial charge in [0.15, 0.2) is 5.82 Å². The van der Waals surface area contributed by atoms with Gasteiger partial charge in [0.05, 0.1) is 0 Å². The van der Waals surface area contributed by atoms with E-state index in [1.807, 2.05) is 13.1 Å². The van der Waals surface area contributed by atoms with Crippen molar-refractivity contribution in [3.63, 3.8) is 0 Å². The monoisotopic (exact) mass is 382 g/mol. The largest absolute Gasteiger partial charge is 0.373 e. The Kier molecular flexibility index (Phi) is 3.54. The number of halogens is 2.